The van der Waals surface area contributed by atoms with Crippen LogP contribution < -0.4 is 15.5 Å². The van der Waals surface area contributed by atoms with Crippen molar-refractivity contribution < 1.29 is 19.0 Å². The summed E-state index contributed by atoms with van der Waals surface area (Å²) in [6.45, 7) is 0. The summed E-state index contributed by atoms with van der Waals surface area (Å²) in [5, 5.41) is 17.3. The number of carbonyl (C=O) groups is 1. The van der Waals surface area contributed by atoms with Crippen LogP contribution in [0.4, 0.5) is 10.1 Å². The van der Waals surface area contributed by atoms with Gasteiger partial charge in [-0.2, -0.15) is 5.10 Å². The maximum Gasteiger partial charge on any atom is 0.355 e. The van der Waals surface area contributed by atoms with E-state index in [9.17, 15) is 14.3 Å². The number of rotatable bonds is 5. The van der Waals surface area contributed by atoms with Crippen molar-refractivity contribution in [1.29, 1.82) is 0 Å². The Hall–Kier alpha value is -3.27. The number of nitrogens with zero attached hydrogens (tertiary/aromatic N) is 4. The summed E-state index contributed by atoms with van der Waals surface area (Å²) in [4.78, 5) is 15.5. The van der Waals surface area contributed by atoms with E-state index in [0.29, 0.717) is 5.56 Å². The molecule has 26 heavy (non-hydrogen) atoms. The quantitative estimate of drug-likeness (QED) is 0.675. The second kappa shape index (κ2) is 6.92. The van der Waals surface area contributed by atoms with Gasteiger partial charge in [-0.25, -0.2) is 14.2 Å². The molecule has 3 N–H and O–H groups in total. The molecule has 1 aromatic heterocycles. The van der Waals surface area contributed by atoms with Crippen LogP contribution in [-0.4, -0.2) is 38.0 Å². The van der Waals surface area contributed by atoms with E-state index < -0.39 is 11.8 Å². The van der Waals surface area contributed by atoms with Gasteiger partial charge in [-0.3, -0.25) is 15.1 Å². The van der Waals surface area contributed by atoms with Gasteiger partial charge < -0.3 is 15.2 Å². The first-order valence-corrected chi connectivity index (χ1v) is 7.63. The predicted octanol–water partition coefficient (Wildman–Crippen LogP) is 1.83. The molecule has 0 saturated carbocycles. The Labute approximate surface area is 152 Å². The number of aliphatic carboxylic acids is 1. The number of hydrogen-bond acceptors (Lipinski definition) is 7. The number of aromatic nitrogens is 3. The third-order valence-corrected chi connectivity index (χ3v) is 3.61. The van der Waals surface area contributed by atoms with E-state index in [2.05, 4.69) is 20.8 Å². The second-order valence-corrected chi connectivity index (χ2v) is 5.62. The fourth-order valence-corrected chi connectivity index (χ4v) is 2.49. The number of methoxy groups -OCH3 is 1. The van der Waals surface area contributed by atoms with Crippen LogP contribution in [0.5, 0.6) is 5.75 Å². The molecule has 0 bridgehead atoms. The largest absolute Gasteiger partial charge is 0.494 e. The number of halogens is 2. The molecule has 0 radical (unpaired) electrons. The van der Waals surface area contributed by atoms with Crippen molar-refractivity contribution in [3.05, 3.63) is 47.5 Å². The lowest BCUT2D eigenvalue weighted by molar-refractivity contribution is -0.134. The zero-order valence-corrected chi connectivity index (χ0v) is 14.5. The molecule has 0 fully saturated rings. The minimum absolute atomic E-state index is 0.154. The van der Waals surface area contributed by atoms with Gasteiger partial charge in [0.15, 0.2) is 17.3 Å². The van der Waals surface area contributed by atoms with Gasteiger partial charge in [0.1, 0.15) is 23.0 Å². The predicted molar refractivity (Wildman–Crippen MR) is 91.2 cm³/mol. The van der Waals surface area contributed by atoms with E-state index in [0.717, 1.165) is 11.1 Å². The fourth-order valence-electron chi connectivity index (χ4n) is 2.34. The van der Waals surface area contributed by atoms with Crippen molar-refractivity contribution in [2.45, 2.75) is 0 Å². The Bertz CT molecular complexity index is 926. The summed E-state index contributed by atoms with van der Waals surface area (Å²) in [5.74, 6) is -1.30. The highest BCUT2D eigenvalue weighted by molar-refractivity contribution is 6.29. The first-order chi connectivity index (χ1) is 12.4. The fraction of sp³-hybridized carbons (Fsp3) is 0.133. The summed E-state index contributed by atoms with van der Waals surface area (Å²) < 4.78 is 21.0. The van der Waals surface area contributed by atoms with E-state index in [1.807, 2.05) is 0 Å². The molecular formula is C15H14ClFN6O3. The van der Waals surface area contributed by atoms with Gasteiger partial charge in [-0.15, -0.1) is 0 Å². The molecule has 1 aliphatic heterocycles. The van der Waals surface area contributed by atoms with Gasteiger partial charge in [0.25, 0.3) is 0 Å². The monoisotopic (exact) mass is 380 g/mol. The Morgan fingerprint density at radius 1 is 1.46 bits per heavy atom. The van der Waals surface area contributed by atoms with Gasteiger partial charge in [-0.05, 0) is 6.07 Å². The lowest BCUT2D eigenvalue weighted by atomic mass is 10.1. The third kappa shape index (κ3) is 3.40. The van der Waals surface area contributed by atoms with Crippen LogP contribution in [-0.2, 0) is 11.8 Å². The van der Waals surface area contributed by atoms with E-state index in [-0.39, 0.29) is 28.1 Å². The van der Waals surface area contributed by atoms with Gasteiger partial charge in [0, 0.05) is 19.3 Å². The first kappa shape index (κ1) is 17.5. The SMILES string of the molecule is COc1c(NN2C=C(Cl)NC=C2C(=O)O)cc(F)cc1-c1ncn(C)n1. The van der Waals surface area contributed by atoms with Crippen LogP contribution in [0.2, 0.25) is 0 Å². The number of nitrogens with one attached hydrogen (secondary N) is 2. The molecule has 136 valence electrons. The third-order valence-electron chi connectivity index (χ3n) is 3.41. The van der Waals surface area contributed by atoms with Gasteiger partial charge in [0.05, 0.1) is 18.9 Å². The Morgan fingerprint density at radius 2 is 2.23 bits per heavy atom. The zero-order chi connectivity index (χ0) is 18.8. The van der Waals surface area contributed by atoms with Crippen LogP contribution >= 0.6 is 11.6 Å². The molecule has 0 unspecified atom stereocenters. The van der Waals surface area contributed by atoms with Crippen LogP contribution in [0.1, 0.15) is 0 Å². The number of hydrazine groups is 1. The Morgan fingerprint density at radius 3 is 2.85 bits per heavy atom. The molecule has 1 aliphatic rings. The molecule has 0 aliphatic carbocycles. The van der Waals surface area contributed by atoms with E-state index >= 15 is 0 Å². The number of carboxylic acid groups (broad SMARTS) is 1. The molecule has 1 aromatic carbocycles. The van der Waals surface area contributed by atoms with E-state index in [1.54, 1.807) is 7.05 Å². The van der Waals surface area contributed by atoms with Crippen molar-refractivity contribution in [1.82, 2.24) is 25.1 Å². The highest BCUT2D eigenvalue weighted by atomic mass is 35.5. The highest BCUT2D eigenvalue weighted by Gasteiger charge is 2.23. The Balaban J connectivity index is 2.05. The smallest absolute Gasteiger partial charge is 0.355 e. The summed E-state index contributed by atoms with van der Waals surface area (Å²) in [5.41, 5.74) is 3.10. The number of ether oxygens (including phenoxy) is 1. The van der Waals surface area contributed by atoms with E-state index in [4.69, 9.17) is 16.3 Å². The van der Waals surface area contributed by atoms with Crippen LogP contribution in [0.3, 0.4) is 0 Å². The normalized spacial score (nSPS) is 13.6. The Kier molecular flexibility index (Phi) is 4.67. The molecule has 0 atom stereocenters. The molecule has 2 aromatic rings. The summed E-state index contributed by atoms with van der Waals surface area (Å²) >= 11 is 5.89. The molecule has 9 nitrogen and oxygen atoms in total. The van der Waals surface area contributed by atoms with Crippen LogP contribution in [0.25, 0.3) is 11.4 Å². The van der Waals surface area contributed by atoms with Crippen molar-refractivity contribution in [3.8, 4) is 17.1 Å². The zero-order valence-electron chi connectivity index (χ0n) is 13.7. The number of hydrogen-bond donors (Lipinski definition) is 3. The van der Waals surface area contributed by atoms with E-state index in [1.165, 1.54) is 36.6 Å². The highest BCUT2D eigenvalue weighted by Crippen LogP contribution is 2.36. The maximum absolute atomic E-state index is 14.2. The lowest BCUT2D eigenvalue weighted by Crippen LogP contribution is -2.33. The van der Waals surface area contributed by atoms with Crippen molar-refractivity contribution in [2.24, 2.45) is 7.05 Å². The molecule has 3 rings (SSSR count). The maximum atomic E-state index is 14.2. The second-order valence-electron chi connectivity index (χ2n) is 5.21. The minimum Gasteiger partial charge on any atom is -0.494 e. The van der Waals surface area contributed by atoms with Crippen molar-refractivity contribution in [2.75, 3.05) is 12.5 Å². The van der Waals surface area contributed by atoms with Crippen LogP contribution in [0.15, 0.2) is 41.7 Å². The van der Waals surface area contributed by atoms with Gasteiger partial charge in [0.2, 0.25) is 0 Å². The molecule has 0 spiro atoms. The molecule has 0 saturated heterocycles. The van der Waals surface area contributed by atoms with Gasteiger partial charge in [-0.1, -0.05) is 11.6 Å². The topological polar surface area (TPSA) is 105 Å². The summed E-state index contributed by atoms with van der Waals surface area (Å²) in [6, 6.07) is 2.39. The average Bonchev–Trinajstić information content (AvgIpc) is 3.00. The molecule has 0 amide bonds. The number of aryl methyl sites for hydroxylation is 1. The first-order valence-electron chi connectivity index (χ1n) is 7.26. The number of benzene rings is 1. The molecule has 2 heterocycles. The standard InChI is InChI=1S/C15H14ClFN6O3/c1-22-7-19-14(21-22)9-3-8(17)4-10(13(9)26-2)20-23-6-12(16)18-5-11(23)15(24)25/h3-7,18,20H,1-2H3,(H,24,25). The summed E-state index contributed by atoms with van der Waals surface area (Å²) in [6.07, 6.45) is 3.97. The minimum atomic E-state index is -1.22. The average molecular weight is 381 g/mol. The number of anilines is 1. The summed E-state index contributed by atoms with van der Waals surface area (Å²) in [7, 11) is 3.08. The number of carboxylic acids is 1. The lowest BCUT2D eigenvalue weighted by Gasteiger charge is -2.27. The molecule has 11 heteroatoms. The van der Waals surface area contributed by atoms with Gasteiger partial charge >= 0.3 is 5.97 Å². The molecular weight excluding hydrogens is 367 g/mol. The van der Waals surface area contributed by atoms with Crippen molar-refractivity contribution in [3.63, 3.8) is 0 Å². The van der Waals surface area contributed by atoms with Crippen molar-refractivity contribution >= 4 is 23.3 Å². The van der Waals surface area contributed by atoms with Crippen LogP contribution in [0, 0.1) is 5.82 Å².